The fourth-order valence-electron chi connectivity index (χ4n) is 1.90. The Labute approximate surface area is 123 Å². The summed E-state index contributed by atoms with van der Waals surface area (Å²) >= 11 is 1.80. The molecule has 0 unspecified atom stereocenters. The Morgan fingerprint density at radius 1 is 1.35 bits per heavy atom. The number of anilines is 1. The van der Waals surface area contributed by atoms with Gasteiger partial charge in [0.15, 0.2) is 0 Å². The van der Waals surface area contributed by atoms with E-state index in [9.17, 15) is 0 Å². The van der Waals surface area contributed by atoms with Crippen molar-refractivity contribution in [1.29, 1.82) is 0 Å². The van der Waals surface area contributed by atoms with Gasteiger partial charge in [-0.3, -0.25) is 4.99 Å². The van der Waals surface area contributed by atoms with Crippen LogP contribution in [0.1, 0.15) is 24.6 Å². The summed E-state index contributed by atoms with van der Waals surface area (Å²) < 4.78 is 1.29. The molecular weight excluding hydrogens is 270 g/mol. The van der Waals surface area contributed by atoms with Crippen molar-refractivity contribution in [1.82, 2.24) is 0 Å². The number of rotatable bonds is 6. The minimum absolute atomic E-state index is 0.642. The van der Waals surface area contributed by atoms with E-state index in [1.54, 1.807) is 11.3 Å². The molecule has 1 aromatic heterocycles. The second-order valence-electron chi connectivity index (χ2n) is 4.71. The minimum atomic E-state index is 0.642. The largest absolute Gasteiger partial charge is 0.367 e. The fraction of sp³-hybridized carbons (Fsp3) is 0.400. The van der Waals surface area contributed by atoms with Crippen LogP contribution in [-0.4, -0.2) is 19.0 Å². The van der Waals surface area contributed by atoms with Gasteiger partial charge in [-0.25, -0.2) is 5.48 Å². The maximum Gasteiger partial charge on any atom is 0.214 e. The molecule has 0 saturated heterocycles. The normalized spacial score (nSPS) is 11.8. The van der Waals surface area contributed by atoms with Crippen LogP contribution in [0.2, 0.25) is 0 Å². The molecule has 3 N–H and O–H groups in total. The van der Waals surface area contributed by atoms with Crippen molar-refractivity contribution in [3.63, 3.8) is 0 Å². The molecule has 0 aliphatic rings. The minimum Gasteiger partial charge on any atom is -0.367 e. The Kier molecular flexibility index (Phi) is 5.38. The molecule has 5 heteroatoms. The topological polar surface area (TPSA) is 59.6 Å². The summed E-state index contributed by atoms with van der Waals surface area (Å²) in [4.78, 5) is 11.1. The number of unbranched alkanes of at least 4 members (excludes halogenated alkanes) is 1. The average Bonchev–Trinajstić information content (AvgIpc) is 2.80. The molecule has 1 aromatic carbocycles. The van der Waals surface area contributed by atoms with Crippen molar-refractivity contribution < 1.29 is 4.84 Å². The molecule has 0 aliphatic carbocycles. The standard InChI is InChI=1S/C15H21N3OS/c1-11-9-13-10-14(5-6-15(13)20-11)18-19-12(2)17-8-4-3-7-16/h5-6,9-10,18H,3-4,7-8,16H2,1-2H3. The first-order valence-corrected chi connectivity index (χ1v) is 7.65. The van der Waals surface area contributed by atoms with Crippen LogP contribution in [0.3, 0.4) is 0 Å². The molecule has 0 spiro atoms. The summed E-state index contributed by atoms with van der Waals surface area (Å²) in [5.41, 5.74) is 9.31. The van der Waals surface area contributed by atoms with Gasteiger partial charge >= 0.3 is 0 Å². The molecule has 4 nitrogen and oxygen atoms in total. The van der Waals surface area contributed by atoms with Gasteiger partial charge < -0.3 is 10.6 Å². The van der Waals surface area contributed by atoms with E-state index in [0.717, 1.165) is 25.1 Å². The number of thiophene rings is 1. The van der Waals surface area contributed by atoms with Crippen molar-refractivity contribution in [2.45, 2.75) is 26.7 Å². The number of aliphatic imine (C=N–C) groups is 1. The third kappa shape index (κ3) is 4.21. The average molecular weight is 291 g/mol. The number of nitrogens with one attached hydrogen (secondary N) is 1. The highest BCUT2D eigenvalue weighted by molar-refractivity contribution is 7.19. The van der Waals surface area contributed by atoms with Crippen LogP contribution in [0, 0.1) is 6.92 Å². The zero-order valence-electron chi connectivity index (χ0n) is 12.0. The Balaban J connectivity index is 1.88. The molecule has 108 valence electrons. The van der Waals surface area contributed by atoms with E-state index in [4.69, 9.17) is 10.6 Å². The molecule has 0 radical (unpaired) electrons. The Morgan fingerprint density at radius 2 is 2.20 bits per heavy atom. The monoisotopic (exact) mass is 291 g/mol. The van der Waals surface area contributed by atoms with Gasteiger partial charge in [-0.1, -0.05) is 0 Å². The third-order valence-corrected chi connectivity index (χ3v) is 3.93. The van der Waals surface area contributed by atoms with Crippen molar-refractivity contribution in [3.8, 4) is 0 Å². The molecule has 2 aromatic rings. The maximum absolute atomic E-state index is 5.44. The Bertz CT molecular complexity index is 592. The quantitative estimate of drug-likeness (QED) is 0.369. The van der Waals surface area contributed by atoms with Crippen molar-refractivity contribution in [2.24, 2.45) is 10.7 Å². The smallest absolute Gasteiger partial charge is 0.214 e. The summed E-state index contributed by atoms with van der Waals surface area (Å²) in [6.45, 7) is 5.44. The number of nitrogens with two attached hydrogens (primary N) is 1. The lowest BCUT2D eigenvalue weighted by molar-refractivity contribution is 0.388. The number of hydrogen-bond donors (Lipinski definition) is 2. The number of fused-ring (bicyclic) bond motifs is 1. The van der Waals surface area contributed by atoms with Crippen LogP contribution < -0.4 is 11.2 Å². The van der Waals surface area contributed by atoms with Crippen LogP contribution in [0.4, 0.5) is 5.69 Å². The summed E-state index contributed by atoms with van der Waals surface area (Å²) in [5.74, 6) is 0.642. The molecule has 20 heavy (non-hydrogen) atoms. The van der Waals surface area contributed by atoms with E-state index >= 15 is 0 Å². The second-order valence-corrected chi connectivity index (χ2v) is 6.00. The molecule has 0 aliphatic heterocycles. The van der Waals surface area contributed by atoms with Crippen molar-refractivity contribution >= 4 is 33.0 Å². The fourth-order valence-corrected chi connectivity index (χ4v) is 2.80. The molecule has 0 amide bonds. The summed E-state index contributed by atoms with van der Waals surface area (Å²) in [5, 5.41) is 1.23. The van der Waals surface area contributed by atoms with E-state index in [-0.39, 0.29) is 0 Å². The first-order chi connectivity index (χ1) is 9.69. The molecular formula is C15H21N3OS. The van der Waals surface area contributed by atoms with Crippen LogP contribution in [0.15, 0.2) is 29.3 Å². The van der Waals surface area contributed by atoms with Gasteiger partial charge in [0, 0.05) is 23.0 Å². The van der Waals surface area contributed by atoms with Gasteiger partial charge in [0.1, 0.15) is 0 Å². The predicted octanol–water partition coefficient (Wildman–Crippen LogP) is 3.71. The van der Waals surface area contributed by atoms with Gasteiger partial charge in [-0.2, -0.15) is 0 Å². The molecule has 0 bridgehead atoms. The molecule has 0 saturated carbocycles. The summed E-state index contributed by atoms with van der Waals surface area (Å²) in [6, 6.07) is 8.38. The van der Waals surface area contributed by atoms with E-state index in [0.29, 0.717) is 12.4 Å². The van der Waals surface area contributed by atoms with Gasteiger partial charge in [-0.05, 0) is 56.0 Å². The van der Waals surface area contributed by atoms with Crippen LogP contribution in [0.25, 0.3) is 10.1 Å². The Morgan fingerprint density at radius 3 is 3.00 bits per heavy atom. The zero-order valence-corrected chi connectivity index (χ0v) is 12.8. The molecule has 0 atom stereocenters. The van der Waals surface area contributed by atoms with E-state index < -0.39 is 0 Å². The first-order valence-electron chi connectivity index (χ1n) is 6.83. The molecule has 2 rings (SSSR count). The highest BCUT2D eigenvalue weighted by Crippen LogP contribution is 2.27. The van der Waals surface area contributed by atoms with Crippen molar-refractivity contribution in [3.05, 3.63) is 29.1 Å². The van der Waals surface area contributed by atoms with Crippen LogP contribution >= 0.6 is 11.3 Å². The third-order valence-electron chi connectivity index (χ3n) is 2.90. The lowest BCUT2D eigenvalue weighted by Crippen LogP contribution is -2.08. The maximum atomic E-state index is 5.44. The van der Waals surface area contributed by atoms with Gasteiger partial charge in [0.25, 0.3) is 0 Å². The molecule has 1 heterocycles. The lowest BCUT2D eigenvalue weighted by Gasteiger charge is -2.07. The number of hydrogen-bond acceptors (Lipinski definition) is 5. The van der Waals surface area contributed by atoms with Gasteiger partial charge in [0.2, 0.25) is 5.90 Å². The molecule has 0 fully saturated rings. The van der Waals surface area contributed by atoms with Gasteiger partial charge in [-0.15, -0.1) is 11.3 Å². The summed E-state index contributed by atoms with van der Waals surface area (Å²) in [7, 11) is 0. The van der Waals surface area contributed by atoms with Gasteiger partial charge in [0.05, 0.1) is 5.69 Å². The number of benzene rings is 1. The van der Waals surface area contributed by atoms with Crippen LogP contribution in [-0.2, 0) is 4.84 Å². The lowest BCUT2D eigenvalue weighted by atomic mass is 10.2. The highest BCUT2D eigenvalue weighted by atomic mass is 32.1. The zero-order chi connectivity index (χ0) is 14.4. The number of nitrogens with zero attached hydrogens (tertiary/aromatic N) is 1. The SMILES string of the molecule is CC(=NCCCCN)ONc1ccc2sc(C)cc2c1. The van der Waals surface area contributed by atoms with Crippen molar-refractivity contribution in [2.75, 3.05) is 18.6 Å². The van der Waals surface area contributed by atoms with E-state index in [1.807, 2.05) is 13.0 Å². The van der Waals surface area contributed by atoms with Crippen LogP contribution in [0.5, 0.6) is 0 Å². The summed E-state index contributed by atoms with van der Waals surface area (Å²) in [6.07, 6.45) is 2.00. The predicted molar refractivity (Wildman–Crippen MR) is 87.5 cm³/mol. The number of aryl methyl sites for hydroxylation is 1. The first kappa shape index (κ1) is 14.8. The second kappa shape index (κ2) is 7.26. The Hall–Kier alpha value is -1.59. The van der Waals surface area contributed by atoms with E-state index in [1.165, 1.54) is 15.0 Å². The highest BCUT2D eigenvalue weighted by Gasteiger charge is 2.00. The van der Waals surface area contributed by atoms with E-state index in [2.05, 4.69) is 35.6 Å².